The fraction of sp³-hybridized carbons (Fsp3) is 0.400. The maximum Gasteiger partial charge on any atom is 0.0815 e. The third-order valence-corrected chi connectivity index (χ3v) is 3.05. The molecule has 0 aliphatic rings. The molecule has 0 saturated carbocycles. The molecule has 1 aromatic carbocycles. The second kappa shape index (κ2) is 5.71. The molecular weight excluding hydrogens is 222 g/mol. The predicted molar refractivity (Wildman–Crippen MR) is 75.8 cm³/mol. The summed E-state index contributed by atoms with van der Waals surface area (Å²) >= 11 is 0. The lowest BCUT2D eigenvalue weighted by Crippen LogP contribution is -2.05. The van der Waals surface area contributed by atoms with E-state index in [0.29, 0.717) is 6.04 Å². The molecule has 1 N–H and O–H groups in total. The summed E-state index contributed by atoms with van der Waals surface area (Å²) in [6.07, 6.45) is 3.08. The summed E-state index contributed by atoms with van der Waals surface area (Å²) in [6.45, 7) is 7.22. The van der Waals surface area contributed by atoms with Crippen LogP contribution in [0, 0.1) is 0 Å². The summed E-state index contributed by atoms with van der Waals surface area (Å²) in [5, 5.41) is 7.99. The van der Waals surface area contributed by atoms with Crippen molar-refractivity contribution in [3.8, 4) is 0 Å². The number of rotatable bonds is 5. The zero-order chi connectivity index (χ0) is 13.0. The SMILES string of the molecule is CCc1ccccc1NCc1ccn(C(C)C)n1. The van der Waals surface area contributed by atoms with Crippen molar-refractivity contribution >= 4 is 5.69 Å². The van der Waals surface area contributed by atoms with Crippen LogP contribution in [0.4, 0.5) is 5.69 Å². The van der Waals surface area contributed by atoms with Crippen molar-refractivity contribution in [2.24, 2.45) is 0 Å². The third kappa shape index (κ3) is 2.92. The molecule has 1 aromatic heterocycles. The zero-order valence-corrected chi connectivity index (χ0v) is 11.4. The first-order valence-electron chi connectivity index (χ1n) is 6.56. The molecule has 0 fully saturated rings. The first kappa shape index (κ1) is 12.7. The highest BCUT2D eigenvalue weighted by atomic mass is 15.3. The predicted octanol–water partition coefficient (Wildman–Crippen LogP) is 3.64. The molecule has 0 aliphatic heterocycles. The van der Waals surface area contributed by atoms with Crippen LogP contribution in [0.15, 0.2) is 36.5 Å². The summed E-state index contributed by atoms with van der Waals surface area (Å²) in [6, 6.07) is 10.9. The van der Waals surface area contributed by atoms with Gasteiger partial charge in [0.25, 0.3) is 0 Å². The number of aromatic nitrogens is 2. The molecule has 1 heterocycles. The van der Waals surface area contributed by atoms with Gasteiger partial charge in [0.2, 0.25) is 0 Å². The van der Waals surface area contributed by atoms with Crippen molar-refractivity contribution in [2.75, 3.05) is 5.32 Å². The molecule has 96 valence electrons. The van der Waals surface area contributed by atoms with Gasteiger partial charge < -0.3 is 5.32 Å². The Kier molecular flexibility index (Phi) is 4.03. The molecule has 0 spiro atoms. The molecule has 0 saturated heterocycles. The minimum absolute atomic E-state index is 0.418. The van der Waals surface area contributed by atoms with Gasteiger partial charge in [-0.25, -0.2) is 0 Å². The maximum absolute atomic E-state index is 4.53. The highest BCUT2D eigenvalue weighted by Gasteiger charge is 2.03. The van der Waals surface area contributed by atoms with Gasteiger partial charge in [0.15, 0.2) is 0 Å². The van der Waals surface area contributed by atoms with Gasteiger partial charge in [-0.3, -0.25) is 4.68 Å². The Morgan fingerprint density at radius 2 is 2.00 bits per heavy atom. The van der Waals surface area contributed by atoms with E-state index in [1.54, 1.807) is 0 Å². The molecular formula is C15H21N3. The quantitative estimate of drug-likeness (QED) is 0.869. The average Bonchev–Trinajstić information content (AvgIpc) is 2.85. The van der Waals surface area contributed by atoms with Crippen LogP contribution in [-0.4, -0.2) is 9.78 Å². The molecule has 2 rings (SSSR count). The van der Waals surface area contributed by atoms with Gasteiger partial charge in [-0.05, 0) is 38.0 Å². The van der Waals surface area contributed by atoms with Crippen molar-refractivity contribution in [3.63, 3.8) is 0 Å². The van der Waals surface area contributed by atoms with Crippen molar-refractivity contribution in [3.05, 3.63) is 47.8 Å². The summed E-state index contributed by atoms with van der Waals surface area (Å²) in [5.74, 6) is 0. The highest BCUT2D eigenvalue weighted by Crippen LogP contribution is 2.16. The Hall–Kier alpha value is -1.77. The molecule has 0 unspecified atom stereocenters. The van der Waals surface area contributed by atoms with Gasteiger partial charge in [0.1, 0.15) is 0 Å². The zero-order valence-electron chi connectivity index (χ0n) is 11.4. The number of benzene rings is 1. The maximum atomic E-state index is 4.53. The Labute approximate surface area is 109 Å². The number of nitrogens with zero attached hydrogens (tertiary/aromatic N) is 2. The smallest absolute Gasteiger partial charge is 0.0815 e. The van der Waals surface area contributed by atoms with Crippen LogP contribution in [-0.2, 0) is 13.0 Å². The summed E-state index contributed by atoms with van der Waals surface area (Å²) in [7, 11) is 0. The number of anilines is 1. The summed E-state index contributed by atoms with van der Waals surface area (Å²) in [5.41, 5.74) is 3.63. The van der Waals surface area contributed by atoms with Crippen LogP contribution in [0.1, 0.15) is 38.1 Å². The Morgan fingerprint density at radius 1 is 1.22 bits per heavy atom. The van der Waals surface area contributed by atoms with Gasteiger partial charge in [-0.1, -0.05) is 25.1 Å². The van der Waals surface area contributed by atoms with Gasteiger partial charge >= 0.3 is 0 Å². The van der Waals surface area contributed by atoms with Crippen LogP contribution in [0.2, 0.25) is 0 Å². The van der Waals surface area contributed by atoms with Gasteiger partial charge in [-0.2, -0.15) is 5.10 Å². The molecule has 18 heavy (non-hydrogen) atoms. The average molecular weight is 243 g/mol. The molecule has 3 heteroatoms. The number of para-hydroxylation sites is 1. The van der Waals surface area contributed by atoms with E-state index in [9.17, 15) is 0 Å². The van der Waals surface area contributed by atoms with E-state index in [1.165, 1.54) is 11.3 Å². The standard InChI is InChI=1S/C15H21N3/c1-4-13-7-5-6-8-15(13)16-11-14-9-10-18(17-14)12(2)3/h5-10,12,16H,4,11H2,1-3H3. The largest absolute Gasteiger partial charge is 0.379 e. The van der Waals surface area contributed by atoms with E-state index >= 15 is 0 Å². The lowest BCUT2D eigenvalue weighted by atomic mass is 10.1. The second-order valence-corrected chi connectivity index (χ2v) is 4.75. The van der Waals surface area contributed by atoms with E-state index in [0.717, 1.165) is 18.7 Å². The minimum atomic E-state index is 0.418. The molecule has 0 aliphatic carbocycles. The van der Waals surface area contributed by atoms with Crippen LogP contribution in [0.25, 0.3) is 0 Å². The Morgan fingerprint density at radius 3 is 2.67 bits per heavy atom. The Bertz CT molecular complexity index is 500. The molecule has 2 aromatic rings. The molecule has 0 amide bonds. The van der Waals surface area contributed by atoms with Crippen molar-refractivity contribution < 1.29 is 0 Å². The van der Waals surface area contributed by atoms with E-state index < -0.39 is 0 Å². The summed E-state index contributed by atoms with van der Waals surface area (Å²) < 4.78 is 1.99. The topological polar surface area (TPSA) is 29.9 Å². The summed E-state index contributed by atoms with van der Waals surface area (Å²) in [4.78, 5) is 0. The third-order valence-electron chi connectivity index (χ3n) is 3.05. The molecule has 0 bridgehead atoms. The van der Waals surface area contributed by atoms with E-state index in [1.807, 2.05) is 10.9 Å². The Balaban J connectivity index is 2.02. The van der Waals surface area contributed by atoms with E-state index in [4.69, 9.17) is 0 Å². The van der Waals surface area contributed by atoms with E-state index in [-0.39, 0.29) is 0 Å². The normalized spacial score (nSPS) is 10.9. The van der Waals surface area contributed by atoms with Crippen LogP contribution >= 0.6 is 0 Å². The van der Waals surface area contributed by atoms with Crippen molar-refractivity contribution in [1.29, 1.82) is 0 Å². The monoisotopic (exact) mass is 243 g/mol. The minimum Gasteiger partial charge on any atom is -0.379 e. The lowest BCUT2D eigenvalue weighted by Gasteiger charge is -2.09. The molecule has 0 radical (unpaired) electrons. The fourth-order valence-corrected chi connectivity index (χ4v) is 1.95. The van der Waals surface area contributed by atoms with Gasteiger partial charge in [0, 0.05) is 17.9 Å². The lowest BCUT2D eigenvalue weighted by molar-refractivity contribution is 0.527. The van der Waals surface area contributed by atoms with E-state index in [2.05, 4.69) is 61.5 Å². The van der Waals surface area contributed by atoms with Gasteiger partial charge in [-0.15, -0.1) is 0 Å². The van der Waals surface area contributed by atoms with Crippen LogP contribution < -0.4 is 5.32 Å². The van der Waals surface area contributed by atoms with Gasteiger partial charge in [0.05, 0.1) is 12.2 Å². The molecule has 3 nitrogen and oxygen atoms in total. The van der Waals surface area contributed by atoms with Crippen LogP contribution in [0.5, 0.6) is 0 Å². The first-order valence-corrected chi connectivity index (χ1v) is 6.56. The number of hydrogen-bond acceptors (Lipinski definition) is 2. The van der Waals surface area contributed by atoms with Crippen LogP contribution in [0.3, 0.4) is 0 Å². The van der Waals surface area contributed by atoms with Crippen molar-refractivity contribution in [1.82, 2.24) is 9.78 Å². The fourth-order valence-electron chi connectivity index (χ4n) is 1.95. The molecule has 0 atom stereocenters. The number of aryl methyl sites for hydroxylation is 1. The second-order valence-electron chi connectivity index (χ2n) is 4.75. The first-order chi connectivity index (χ1) is 8.70. The highest BCUT2D eigenvalue weighted by molar-refractivity contribution is 5.51. The number of hydrogen-bond donors (Lipinski definition) is 1. The number of nitrogens with one attached hydrogen (secondary N) is 1. The van der Waals surface area contributed by atoms with Crippen molar-refractivity contribution in [2.45, 2.75) is 39.8 Å².